The maximum absolute atomic E-state index is 12.0. The fourth-order valence-corrected chi connectivity index (χ4v) is 1.51. The van der Waals surface area contributed by atoms with Crippen LogP contribution in [0, 0.1) is 18.8 Å². The van der Waals surface area contributed by atoms with Gasteiger partial charge in [-0.05, 0) is 24.6 Å². The van der Waals surface area contributed by atoms with Crippen molar-refractivity contribution in [2.75, 3.05) is 19.7 Å². The number of carbonyl (C=O) groups excluding carboxylic acids is 2. The lowest BCUT2D eigenvalue weighted by Crippen LogP contribution is -2.29. The highest BCUT2D eigenvalue weighted by Gasteiger charge is 2.09. The number of ether oxygens (including phenoxy) is 1. The van der Waals surface area contributed by atoms with Gasteiger partial charge in [0.15, 0.2) is 0 Å². The Hall–Kier alpha value is -2.52. The molecule has 0 aliphatic carbocycles. The summed E-state index contributed by atoms with van der Waals surface area (Å²) in [5.74, 6) is 5.34. The van der Waals surface area contributed by atoms with Crippen molar-refractivity contribution in [2.24, 2.45) is 11.5 Å². The topological polar surface area (TPSA) is 107 Å². The molecule has 0 unspecified atom stereocenters. The second kappa shape index (κ2) is 7.81. The number of nitrogens with one attached hydrogen (secondary N) is 1. The maximum atomic E-state index is 12.0. The molecule has 0 fully saturated rings. The first-order valence-electron chi connectivity index (χ1n) is 6.04. The van der Waals surface area contributed by atoms with Gasteiger partial charge in [-0.1, -0.05) is 17.9 Å². The molecule has 0 aliphatic rings. The van der Waals surface area contributed by atoms with Gasteiger partial charge in [-0.2, -0.15) is 0 Å². The van der Waals surface area contributed by atoms with Crippen LogP contribution in [0.4, 0.5) is 4.79 Å². The van der Waals surface area contributed by atoms with Gasteiger partial charge in [0, 0.05) is 11.1 Å². The van der Waals surface area contributed by atoms with Crippen LogP contribution in [0.5, 0.6) is 0 Å². The van der Waals surface area contributed by atoms with Crippen molar-refractivity contribution in [3.8, 4) is 11.8 Å². The predicted molar refractivity (Wildman–Crippen MR) is 75.0 cm³/mol. The number of amides is 2. The van der Waals surface area contributed by atoms with Gasteiger partial charge in [0.1, 0.15) is 6.61 Å². The van der Waals surface area contributed by atoms with Gasteiger partial charge in [-0.25, -0.2) is 4.79 Å². The van der Waals surface area contributed by atoms with E-state index in [1.807, 2.05) is 19.1 Å². The lowest BCUT2D eigenvalue weighted by Gasteiger charge is -2.08. The molecule has 0 heterocycles. The zero-order valence-electron chi connectivity index (χ0n) is 11.2. The summed E-state index contributed by atoms with van der Waals surface area (Å²) in [6.45, 7) is 2.32. The van der Waals surface area contributed by atoms with Crippen LogP contribution in [0.25, 0.3) is 0 Å². The van der Waals surface area contributed by atoms with E-state index in [9.17, 15) is 9.59 Å². The van der Waals surface area contributed by atoms with Crippen molar-refractivity contribution in [2.45, 2.75) is 6.92 Å². The van der Waals surface area contributed by atoms with Crippen molar-refractivity contribution in [3.05, 3.63) is 34.9 Å². The number of carbonyl (C=O) groups is 2. The van der Waals surface area contributed by atoms with E-state index in [2.05, 4.69) is 21.9 Å². The van der Waals surface area contributed by atoms with E-state index in [1.54, 1.807) is 6.07 Å². The Morgan fingerprint density at radius 2 is 2.15 bits per heavy atom. The van der Waals surface area contributed by atoms with Crippen LogP contribution in [0.15, 0.2) is 18.2 Å². The highest BCUT2D eigenvalue weighted by atomic mass is 16.5. The van der Waals surface area contributed by atoms with E-state index in [0.29, 0.717) is 5.56 Å². The third-order valence-corrected chi connectivity index (χ3v) is 2.45. The van der Waals surface area contributed by atoms with E-state index in [1.165, 1.54) is 0 Å². The minimum Gasteiger partial charge on any atom is -0.448 e. The average molecular weight is 275 g/mol. The third kappa shape index (κ3) is 5.00. The molecule has 1 aromatic carbocycles. The molecule has 6 nitrogen and oxygen atoms in total. The summed E-state index contributed by atoms with van der Waals surface area (Å²) in [7, 11) is 0. The lowest BCUT2D eigenvalue weighted by atomic mass is 10.0. The molecule has 1 rings (SSSR count). The highest BCUT2D eigenvalue weighted by molar-refractivity contribution is 5.96. The van der Waals surface area contributed by atoms with Crippen molar-refractivity contribution in [3.63, 3.8) is 0 Å². The first-order chi connectivity index (χ1) is 9.54. The molecule has 1 aromatic rings. The maximum Gasteiger partial charge on any atom is 0.404 e. The second-order valence-corrected chi connectivity index (χ2v) is 3.96. The summed E-state index contributed by atoms with van der Waals surface area (Å²) in [5, 5.41) is 2.63. The molecule has 6 heteroatoms. The van der Waals surface area contributed by atoms with E-state index in [0.717, 1.165) is 11.1 Å². The molecular weight excluding hydrogens is 258 g/mol. The molecule has 0 saturated heterocycles. The molecule has 0 aromatic heterocycles. The summed E-state index contributed by atoms with van der Waals surface area (Å²) in [6.07, 6.45) is -0.866. The summed E-state index contributed by atoms with van der Waals surface area (Å²) in [4.78, 5) is 22.4. The van der Waals surface area contributed by atoms with Crippen molar-refractivity contribution in [1.29, 1.82) is 0 Å². The SMILES string of the molecule is Cc1ccc(C#CCN)cc1C(=O)NCCOC(N)=O. The molecule has 2 amide bonds. The van der Waals surface area contributed by atoms with Gasteiger partial charge in [0.05, 0.1) is 13.1 Å². The van der Waals surface area contributed by atoms with Crippen LogP contribution in [0.1, 0.15) is 21.5 Å². The summed E-state index contributed by atoms with van der Waals surface area (Å²) >= 11 is 0. The Labute approximate surface area is 117 Å². The van der Waals surface area contributed by atoms with Gasteiger partial charge < -0.3 is 21.5 Å². The zero-order valence-corrected chi connectivity index (χ0v) is 11.2. The van der Waals surface area contributed by atoms with Gasteiger partial charge in [0.2, 0.25) is 0 Å². The largest absolute Gasteiger partial charge is 0.448 e. The Morgan fingerprint density at radius 1 is 1.40 bits per heavy atom. The van der Waals surface area contributed by atoms with Crippen LogP contribution in [-0.4, -0.2) is 31.7 Å². The van der Waals surface area contributed by atoms with Crippen molar-refractivity contribution in [1.82, 2.24) is 5.32 Å². The number of nitrogens with two attached hydrogens (primary N) is 2. The van der Waals surface area contributed by atoms with Gasteiger partial charge in [-0.3, -0.25) is 4.79 Å². The van der Waals surface area contributed by atoms with Crippen LogP contribution < -0.4 is 16.8 Å². The van der Waals surface area contributed by atoms with Crippen LogP contribution in [-0.2, 0) is 4.74 Å². The number of hydrogen-bond acceptors (Lipinski definition) is 4. The minimum atomic E-state index is -0.866. The van der Waals surface area contributed by atoms with Crippen molar-refractivity contribution < 1.29 is 14.3 Å². The van der Waals surface area contributed by atoms with E-state index < -0.39 is 6.09 Å². The Bertz CT molecular complexity index is 559. The molecular formula is C14H17N3O3. The fourth-order valence-electron chi connectivity index (χ4n) is 1.51. The minimum absolute atomic E-state index is 0.0345. The second-order valence-electron chi connectivity index (χ2n) is 3.96. The smallest absolute Gasteiger partial charge is 0.404 e. The Balaban J connectivity index is 2.69. The number of hydrogen-bond donors (Lipinski definition) is 3. The van der Waals surface area contributed by atoms with E-state index in [-0.39, 0.29) is 25.6 Å². The zero-order chi connectivity index (χ0) is 15.0. The number of aryl methyl sites for hydroxylation is 1. The first kappa shape index (κ1) is 15.5. The quantitative estimate of drug-likeness (QED) is 0.536. The fraction of sp³-hybridized carbons (Fsp3) is 0.286. The molecule has 5 N–H and O–H groups in total. The molecule has 0 atom stereocenters. The van der Waals surface area contributed by atoms with Gasteiger partial charge in [-0.15, -0.1) is 0 Å². The number of benzene rings is 1. The lowest BCUT2D eigenvalue weighted by molar-refractivity contribution is 0.0936. The number of primary amides is 1. The van der Waals surface area contributed by atoms with Crippen molar-refractivity contribution >= 4 is 12.0 Å². The highest BCUT2D eigenvalue weighted by Crippen LogP contribution is 2.10. The monoisotopic (exact) mass is 275 g/mol. The van der Waals surface area contributed by atoms with Crippen LogP contribution in [0.3, 0.4) is 0 Å². The van der Waals surface area contributed by atoms with E-state index in [4.69, 9.17) is 11.5 Å². The Kier molecular flexibility index (Phi) is 6.07. The molecule has 0 radical (unpaired) electrons. The molecule has 20 heavy (non-hydrogen) atoms. The van der Waals surface area contributed by atoms with Crippen LogP contribution in [0.2, 0.25) is 0 Å². The third-order valence-electron chi connectivity index (χ3n) is 2.45. The summed E-state index contributed by atoms with van der Waals surface area (Å²) in [6, 6.07) is 5.34. The molecule has 0 bridgehead atoms. The van der Waals surface area contributed by atoms with Gasteiger partial charge in [0.25, 0.3) is 5.91 Å². The summed E-state index contributed by atoms with van der Waals surface area (Å²) < 4.78 is 4.52. The standard InChI is InChI=1S/C14H17N3O3/c1-10-4-5-11(3-2-6-15)9-12(10)13(18)17-7-8-20-14(16)19/h4-5,9H,6-8,15H2,1H3,(H2,16,19)(H,17,18). The predicted octanol–water partition coefficient (Wildman–Crippen LogP) is 0.130. The van der Waals surface area contributed by atoms with Crippen LogP contribution >= 0.6 is 0 Å². The molecule has 0 saturated carbocycles. The molecule has 0 spiro atoms. The molecule has 0 aliphatic heterocycles. The number of rotatable bonds is 4. The average Bonchev–Trinajstić information content (AvgIpc) is 2.42. The van der Waals surface area contributed by atoms with Gasteiger partial charge >= 0.3 is 6.09 Å². The first-order valence-corrected chi connectivity index (χ1v) is 6.04. The Morgan fingerprint density at radius 3 is 2.80 bits per heavy atom. The summed E-state index contributed by atoms with van der Waals surface area (Å²) in [5.41, 5.74) is 12.2. The normalized spacial score (nSPS) is 9.30. The molecule has 106 valence electrons. The van der Waals surface area contributed by atoms with E-state index >= 15 is 0 Å².